The van der Waals surface area contributed by atoms with Crippen molar-refractivity contribution in [2.75, 3.05) is 27.4 Å². The molecule has 0 spiro atoms. The van der Waals surface area contributed by atoms with E-state index in [9.17, 15) is 4.57 Å². The lowest BCUT2D eigenvalue weighted by atomic mass is 10.1. The van der Waals surface area contributed by atoms with Gasteiger partial charge in [0.1, 0.15) is 6.61 Å². The van der Waals surface area contributed by atoms with Gasteiger partial charge in [0.05, 0.1) is 44.5 Å². The Kier molecular flexibility index (Phi) is 8.77. The van der Waals surface area contributed by atoms with Crippen molar-refractivity contribution in [2.45, 2.75) is 26.6 Å². The maximum absolute atomic E-state index is 12.9. The SMILES string of the molecule is CCOP(=O)(Cc1ccc(-c2nc(OCc3ccccc3)c3cc(OC)c(OC)cc3n2)cc1)OCC. The number of ether oxygens (including phenoxy) is 3. The molecule has 0 amide bonds. The summed E-state index contributed by atoms with van der Waals surface area (Å²) >= 11 is 0. The minimum atomic E-state index is -3.20. The Morgan fingerprint density at radius 1 is 0.784 bits per heavy atom. The molecule has 0 radical (unpaired) electrons. The Balaban J connectivity index is 1.70. The van der Waals surface area contributed by atoms with Crippen LogP contribution in [0.2, 0.25) is 0 Å². The second kappa shape index (κ2) is 12.2. The van der Waals surface area contributed by atoms with Gasteiger partial charge in [-0.15, -0.1) is 0 Å². The van der Waals surface area contributed by atoms with Crippen molar-refractivity contribution in [1.82, 2.24) is 9.97 Å². The lowest BCUT2D eigenvalue weighted by Gasteiger charge is -2.17. The topological polar surface area (TPSA) is 89.0 Å². The Morgan fingerprint density at radius 2 is 1.43 bits per heavy atom. The van der Waals surface area contributed by atoms with Gasteiger partial charge in [0, 0.05) is 11.6 Å². The zero-order valence-corrected chi connectivity index (χ0v) is 22.4. The summed E-state index contributed by atoms with van der Waals surface area (Å²) in [5.74, 6) is 2.05. The van der Waals surface area contributed by atoms with E-state index in [0.29, 0.717) is 53.9 Å². The van der Waals surface area contributed by atoms with Crippen LogP contribution in [0, 0.1) is 0 Å². The number of fused-ring (bicyclic) bond motifs is 1. The lowest BCUT2D eigenvalue weighted by molar-refractivity contribution is 0.219. The highest BCUT2D eigenvalue weighted by Gasteiger charge is 2.24. The van der Waals surface area contributed by atoms with E-state index in [1.54, 1.807) is 28.1 Å². The Morgan fingerprint density at radius 3 is 2.05 bits per heavy atom. The van der Waals surface area contributed by atoms with E-state index in [0.717, 1.165) is 16.7 Å². The smallest absolute Gasteiger partial charge is 0.335 e. The molecule has 4 aromatic rings. The van der Waals surface area contributed by atoms with E-state index in [4.69, 9.17) is 33.2 Å². The van der Waals surface area contributed by atoms with Gasteiger partial charge in [-0.2, -0.15) is 4.98 Å². The molecule has 9 heteroatoms. The predicted molar refractivity (Wildman–Crippen MR) is 143 cm³/mol. The number of hydrogen-bond donors (Lipinski definition) is 0. The molecule has 3 aromatic carbocycles. The summed E-state index contributed by atoms with van der Waals surface area (Å²) in [6.07, 6.45) is 0.190. The minimum Gasteiger partial charge on any atom is -0.493 e. The molecule has 37 heavy (non-hydrogen) atoms. The fourth-order valence-electron chi connectivity index (χ4n) is 3.90. The summed E-state index contributed by atoms with van der Waals surface area (Å²) in [5, 5.41) is 0.711. The van der Waals surface area contributed by atoms with Crippen LogP contribution in [0.1, 0.15) is 25.0 Å². The first-order chi connectivity index (χ1) is 18.0. The van der Waals surface area contributed by atoms with Crippen molar-refractivity contribution < 1.29 is 27.8 Å². The van der Waals surface area contributed by atoms with Crippen molar-refractivity contribution in [3.63, 3.8) is 0 Å². The maximum atomic E-state index is 12.9. The average Bonchev–Trinajstić information content (AvgIpc) is 2.92. The molecule has 194 valence electrons. The van der Waals surface area contributed by atoms with Crippen LogP contribution in [0.3, 0.4) is 0 Å². The highest BCUT2D eigenvalue weighted by Crippen LogP contribution is 2.51. The highest BCUT2D eigenvalue weighted by molar-refractivity contribution is 7.53. The number of nitrogens with zero attached hydrogens (tertiary/aromatic N) is 2. The van der Waals surface area contributed by atoms with Gasteiger partial charge in [0.2, 0.25) is 5.88 Å². The first-order valence-corrected chi connectivity index (χ1v) is 13.8. The van der Waals surface area contributed by atoms with Gasteiger partial charge in [-0.1, -0.05) is 54.6 Å². The molecular formula is C28H31N2O6P. The minimum absolute atomic E-state index is 0.190. The Labute approximate surface area is 217 Å². The third-order valence-corrected chi connectivity index (χ3v) is 7.68. The second-order valence-corrected chi connectivity index (χ2v) is 10.2. The Hall–Kier alpha value is -3.45. The van der Waals surface area contributed by atoms with Crippen LogP contribution in [0.25, 0.3) is 22.3 Å². The van der Waals surface area contributed by atoms with Gasteiger partial charge in [-0.05, 0) is 31.0 Å². The van der Waals surface area contributed by atoms with Crippen molar-refractivity contribution in [2.24, 2.45) is 0 Å². The predicted octanol–water partition coefficient (Wildman–Crippen LogP) is 6.66. The molecule has 0 unspecified atom stereocenters. The molecule has 4 rings (SSSR count). The summed E-state index contributed by atoms with van der Waals surface area (Å²) in [6.45, 7) is 4.59. The monoisotopic (exact) mass is 522 g/mol. The van der Waals surface area contributed by atoms with Gasteiger partial charge in [0.15, 0.2) is 17.3 Å². The number of methoxy groups -OCH3 is 2. The summed E-state index contributed by atoms with van der Waals surface area (Å²) in [6, 6.07) is 21.1. The number of aromatic nitrogens is 2. The van der Waals surface area contributed by atoms with Crippen LogP contribution >= 0.6 is 7.60 Å². The van der Waals surface area contributed by atoms with Crippen molar-refractivity contribution in [3.05, 3.63) is 77.9 Å². The number of hydrogen-bond acceptors (Lipinski definition) is 8. The zero-order valence-electron chi connectivity index (χ0n) is 21.5. The highest BCUT2D eigenvalue weighted by atomic mass is 31.2. The third kappa shape index (κ3) is 6.46. The average molecular weight is 523 g/mol. The van der Waals surface area contributed by atoms with E-state index < -0.39 is 7.60 Å². The normalized spacial score (nSPS) is 11.5. The van der Waals surface area contributed by atoms with E-state index >= 15 is 0 Å². The standard InChI is InChI=1S/C28H31N2O6P/c1-5-35-37(31,36-6-2)19-21-12-14-22(15-13-21)27-29-24-17-26(33-4)25(32-3)16-23(24)28(30-27)34-18-20-10-8-7-9-11-20/h7-17H,5-6,18-19H2,1-4H3. The zero-order chi connectivity index (χ0) is 26.3. The molecule has 0 fully saturated rings. The maximum Gasteiger partial charge on any atom is 0.335 e. The molecule has 1 heterocycles. The molecule has 0 aliphatic carbocycles. The fourth-order valence-corrected chi connectivity index (χ4v) is 5.60. The van der Waals surface area contributed by atoms with E-state index in [1.165, 1.54) is 0 Å². The summed E-state index contributed by atoms with van der Waals surface area (Å²) in [5.41, 5.74) is 3.30. The van der Waals surface area contributed by atoms with Gasteiger partial charge in [-0.25, -0.2) is 4.98 Å². The van der Waals surface area contributed by atoms with Gasteiger partial charge >= 0.3 is 7.60 Å². The summed E-state index contributed by atoms with van der Waals surface area (Å²) in [4.78, 5) is 9.52. The molecule has 0 atom stereocenters. The molecule has 1 aromatic heterocycles. The first-order valence-electron chi connectivity index (χ1n) is 12.1. The van der Waals surface area contributed by atoms with E-state index in [2.05, 4.69) is 0 Å². The van der Waals surface area contributed by atoms with Crippen LogP contribution < -0.4 is 14.2 Å². The molecule has 0 aliphatic rings. The van der Waals surface area contributed by atoms with Crippen molar-refractivity contribution >= 4 is 18.5 Å². The van der Waals surface area contributed by atoms with Crippen molar-refractivity contribution in [3.8, 4) is 28.8 Å². The molecule has 0 bridgehead atoms. The quantitative estimate of drug-likeness (QED) is 0.191. The Bertz CT molecular complexity index is 1370. The van der Waals surface area contributed by atoms with Gasteiger partial charge < -0.3 is 23.3 Å². The van der Waals surface area contributed by atoms with Gasteiger partial charge in [0.25, 0.3) is 0 Å². The molecular weight excluding hydrogens is 491 g/mol. The summed E-state index contributed by atoms with van der Waals surface area (Å²) in [7, 11) is -0.0329. The molecule has 0 saturated heterocycles. The molecule has 8 nitrogen and oxygen atoms in total. The first kappa shape index (κ1) is 26.6. The van der Waals surface area contributed by atoms with Crippen LogP contribution in [-0.4, -0.2) is 37.4 Å². The molecule has 0 aliphatic heterocycles. The molecule has 0 saturated carbocycles. The number of benzene rings is 3. The molecule has 0 N–H and O–H groups in total. The third-order valence-electron chi connectivity index (χ3n) is 5.62. The second-order valence-electron chi connectivity index (χ2n) is 8.15. The van der Waals surface area contributed by atoms with Crippen LogP contribution in [0.5, 0.6) is 17.4 Å². The largest absolute Gasteiger partial charge is 0.493 e. The van der Waals surface area contributed by atoms with E-state index in [-0.39, 0.29) is 6.16 Å². The van der Waals surface area contributed by atoms with Crippen LogP contribution in [0.4, 0.5) is 0 Å². The summed E-state index contributed by atoms with van der Waals surface area (Å²) < 4.78 is 40.9. The number of rotatable bonds is 12. The van der Waals surface area contributed by atoms with Crippen molar-refractivity contribution in [1.29, 1.82) is 0 Å². The van der Waals surface area contributed by atoms with Gasteiger partial charge in [-0.3, -0.25) is 4.57 Å². The van der Waals surface area contributed by atoms with E-state index in [1.807, 2.05) is 66.7 Å². The van der Waals surface area contributed by atoms with Crippen LogP contribution in [0.15, 0.2) is 66.7 Å². The lowest BCUT2D eigenvalue weighted by Crippen LogP contribution is -2.02. The fraction of sp³-hybridized carbons (Fsp3) is 0.286. The van der Waals surface area contributed by atoms with Crippen LogP contribution in [-0.2, 0) is 26.4 Å².